The number of rotatable bonds is 5. The average molecular weight is 513 g/mol. The molecule has 6 aliphatic rings. The summed E-state index contributed by atoms with van der Waals surface area (Å²) in [5, 5.41) is 0. The molecule has 1 aromatic rings. The maximum Gasteiger partial charge on any atom is 0.0557 e. The van der Waals surface area contributed by atoms with Gasteiger partial charge in [0, 0.05) is 34.2 Å². The minimum Gasteiger partial charge on any atom is -0.338 e. The van der Waals surface area contributed by atoms with Gasteiger partial charge in [-0.3, -0.25) is 0 Å². The second-order valence-electron chi connectivity index (χ2n) is 11.9. The molecule has 5 aliphatic carbocycles. The number of hydrogen-bond donors (Lipinski definition) is 0. The molecule has 7 rings (SSSR count). The molecular weight excluding hydrogens is 472 g/mol. The van der Waals surface area contributed by atoms with E-state index in [0.29, 0.717) is 12.1 Å². The third kappa shape index (κ3) is 4.35. The first kappa shape index (κ1) is 24.5. The van der Waals surface area contributed by atoms with E-state index in [2.05, 4.69) is 120 Å². The highest BCUT2D eigenvalue weighted by molar-refractivity contribution is 5.77. The second kappa shape index (κ2) is 10.2. The summed E-state index contributed by atoms with van der Waals surface area (Å²) < 4.78 is 0. The number of nitrogens with zero attached hydrogens (tertiary/aromatic N) is 2. The van der Waals surface area contributed by atoms with Gasteiger partial charge in [-0.15, -0.1) is 0 Å². The van der Waals surface area contributed by atoms with E-state index >= 15 is 0 Å². The molecule has 2 nitrogen and oxygen atoms in total. The van der Waals surface area contributed by atoms with Crippen molar-refractivity contribution < 1.29 is 0 Å². The zero-order valence-corrected chi connectivity index (χ0v) is 23.2. The van der Waals surface area contributed by atoms with Gasteiger partial charge in [-0.25, -0.2) is 0 Å². The van der Waals surface area contributed by atoms with Gasteiger partial charge in [-0.1, -0.05) is 79.8 Å². The van der Waals surface area contributed by atoms with Crippen molar-refractivity contribution in [3.8, 4) is 0 Å². The van der Waals surface area contributed by atoms with Crippen molar-refractivity contribution in [2.45, 2.75) is 76.8 Å². The van der Waals surface area contributed by atoms with Gasteiger partial charge in [-0.05, 0) is 105 Å². The van der Waals surface area contributed by atoms with Crippen molar-refractivity contribution in [2.24, 2.45) is 5.41 Å². The predicted octanol–water partition coefficient (Wildman–Crippen LogP) is 9.32. The summed E-state index contributed by atoms with van der Waals surface area (Å²) in [6.07, 6.45) is 41.1. The van der Waals surface area contributed by atoms with Gasteiger partial charge in [-0.2, -0.15) is 0 Å². The van der Waals surface area contributed by atoms with E-state index in [0.717, 1.165) is 32.1 Å². The van der Waals surface area contributed by atoms with Crippen LogP contribution in [-0.2, 0) is 0 Å². The first-order chi connectivity index (χ1) is 19.2. The van der Waals surface area contributed by atoms with Crippen LogP contribution in [0.25, 0.3) is 5.57 Å². The van der Waals surface area contributed by atoms with Gasteiger partial charge in [0.1, 0.15) is 0 Å². The summed E-state index contributed by atoms with van der Waals surface area (Å²) in [6, 6.07) is 10.3. The second-order valence-corrected chi connectivity index (χ2v) is 11.9. The minimum atomic E-state index is 0.166. The van der Waals surface area contributed by atoms with Crippen molar-refractivity contribution in [1.29, 1.82) is 0 Å². The molecule has 198 valence electrons. The fourth-order valence-corrected chi connectivity index (χ4v) is 7.57. The van der Waals surface area contributed by atoms with Crippen molar-refractivity contribution in [2.75, 3.05) is 4.90 Å². The van der Waals surface area contributed by atoms with Crippen molar-refractivity contribution in [3.05, 3.63) is 131 Å². The van der Waals surface area contributed by atoms with Crippen molar-refractivity contribution >= 4 is 11.3 Å². The lowest BCUT2D eigenvalue weighted by molar-refractivity contribution is 0.356. The molecule has 0 saturated carbocycles. The Hall–Kier alpha value is -3.52. The van der Waals surface area contributed by atoms with Crippen LogP contribution in [0.1, 0.15) is 70.3 Å². The van der Waals surface area contributed by atoms with Crippen LogP contribution in [0, 0.1) is 5.41 Å². The van der Waals surface area contributed by atoms with Crippen LogP contribution in [0.5, 0.6) is 0 Å². The quantitative estimate of drug-likeness (QED) is 0.363. The van der Waals surface area contributed by atoms with Crippen LogP contribution < -0.4 is 4.90 Å². The van der Waals surface area contributed by atoms with Crippen molar-refractivity contribution in [1.82, 2.24) is 4.90 Å². The lowest BCUT2D eigenvalue weighted by atomic mass is 9.71. The van der Waals surface area contributed by atoms with Gasteiger partial charge in [0.25, 0.3) is 0 Å². The summed E-state index contributed by atoms with van der Waals surface area (Å²) in [6.45, 7) is 2.46. The molecule has 0 bridgehead atoms. The molecule has 3 unspecified atom stereocenters. The smallest absolute Gasteiger partial charge is 0.0557 e. The number of hydrogen-bond acceptors (Lipinski definition) is 2. The van der Waals surface area contributed by atoms with Crippen LogP contribution >= 0.6 is 0 Å². The average Bonchev–Trinajstić information content (AvgIpc) is 3.27. The molecule has 1 aliphatic heterocycles. The van der Waals surface area contributed by atoms with Crippen molar-refractivity contribution in [3.63, 3.8) is 0 Å². The Morgan fingerprint density at radius 2 is 1.72 bits per heavy atom. The Balaban J connectivity index is 1.12. The van der Waals surface area contributed by atoms with E-state index in [4.69, 9.17) is 0 Å². The first-order valence-corrected chi connectivity index (χ1v) is 15.1. The standard InChI is InChI=1S/C37H40N2/c1-37-27-11-10-18-36(37)39(35-17-9-8-16-34(35)37)33-25-21-29(22-26-33)28-19-23-32(24-20-28)38(30-12-4-2-5-13-30)31-14-6-3-7-15-31/h2,4,6,9,11-12,14-15,17,19-23,25-27,32,36H,3,5,7-8,10,13,16,18,24H2,1H3. The molecule has 0 amide bonds. The van der Waals surface area contributed by atoms with Gasteiger partial charge in [0.15, 0.2) is 0 Å². The van der Waals surface area contributed by atoms with Crippen LogP contribution in [-0.4, -0.2) is 17.0 Å². The van der Waals surface area contributed by atoms with E-state index in [1.807, 2.05) is 0 Å². The summed E-state index contributed by atoms with van der Waals surface area (Å²) in [5.74, 6) is 0. The largest absolute Gasteiger partial charge is 0.338 e. The van der Waals surface area contributed by atoms with Crippen LogP contribution in [0.2, 0.25) is 0 Å². The summed E-state index contributed by atoms with van der Waals surface area (Å²) >= 11 is 0. The maximum absolute atomic E-state index is 2.65. The monoisotopic (exact) mass is 512 g/mol. The molecule has 0 saturated heterocycles. The molecule has 1 heterocycles. The number of anilines is 1. The van der Waals surface area contributed by atoms with Gasteiger partial charge in [0.05, 0.1) is 6.04 Å². The Morgan fingerprint density at radius 1 is 0.846 bits per heavy atom. The number of allylic oxidation sites excluding steroid dienone is 12. The number of fused-ring (bicyclic) bond motifs is 2. The molecule has 0 spiro atoms. The van der Waals surface area contributed by atoms with E-state index in [1.54, 1.807) is 5.57 Å². The summed E-state index contributed by atoms with van der Waals surface area (Å²) in [7, 11) is 0. The van der Waals surface area contributed by atoms with E-state index < -0.39 is 0 Å². The molecule has 0 fully saturated rings. The Kier molecular flexibility index (Phi) is 6.43. The van der Waals surface area contributed by atoms with Crippen LogP contribution in [0.3, 0.4) is 0 Å². The molecule has 39 heavy (non-hydrogen) atoms. The Morgan fingerprint density at radius 3 is 2.49 bits per heavy atom. The van der Waals surface area contributed by atoms with E-state index in [1.165, 1.54) is 59.6 Å². The van der Waals surface area contributed by atoms with Gasteiger partial charge in [0.2, 0.25) is 0 Å². The summed E-state index contributed by atoms with van der Waals surface area (Å²) in [5.41, 5.74) is 10.0. The fraction of sp³-hybridized carbons (Fsp3) is 0.351. The highest BCUT2D eigenvalue weighted by Crippen LogP contribution is 2.53. The molecular formula is C37H40N2. The predicted molar refractivity (Wildman–Crippen MR) is 165 cm³/mol. The van der Waals surface area contributed by atoms with E-state index in [9.17, 15) is 0 Å². The third-order valence-electron chi connectivity index (χ3n) is 9.57. The lowest BCUT2D eigenvalue weighted by Gasteiger charge is -2.39. The highest BCUT2D eigenvalue weighted by Gasteiger charge is 2.48. The molecule has 0 radical (unpaired) electrons. The SMILES string of the molecule is CC12C=CCCC1N(c1ccc(C3=CCC(N(C4=CCCC=C4)C4=CC=CCC4)C=C3)cc1)C1=C2CCC=C1. The highest BCUT2D eigenvalue weighted by atomic mass is 15.2. The Labute approximate surface area is 234 Å². The first-order valence-electron chi connectivity index (χ1n) is 15.1. The molecule has 3 atom stereocenters. The topological polar surface area (TPSA) is 6.48 Å². The normalized spacial score (nSPS) is 29.2. The number of benzene rings is 1. The molecule has 2 heteroatoms. The third-order valence-corrected chi connectivity index (χ3v) is 9.57. The van der Waals surface area contributed by atoms with E-state index in [-0.39, 0.29) is 5.41 Å². The lowest BCUT2D eigenvalue weighted by Crippen LogP contribution is -2.40. The van der Waals surface area contributed by atoms with Crippen LogP contribution in [0.15, 0.2) is 126 Å². The van der Waals surface area contributed by atoms with Gasteiger partial charge < -0.3 is 9.80 Å². The minimum absolute atomic E-state index is 0.166. The Bertz CT molecular complexity index is 1400. The maximum atomic E-state index is 2.65. The molecule has 0 aromatic heterocycles. The molecule has 0 N–H and O–H groups in total. The zero-order valence-electron chi connectivity index (χ0n) is 23.2. The zero-order chi connectivity index (χ0) is 26.2. The molecule has 1 aromatic carbocycles. The van der Waals surface area contributed by atoms with Gasteiger partial charge >= 0.3 is 0 Å². The fourth-order valence-electron chi connectivity index (χ4n) is 7.57. The summed E-state index contributed by atoms with van der Waals surface area (Å²) in [4.78, 5) is 5.23. The van der Waals surface area contributed by atoms with Crippen LogP contribution in [0.4, 0.5) is 5.69 Å².